The Kier molecular flexibility index (Phi) is 7.92. The molecule has 2 aromatic carbocycles. The second kappa shape index (κ2) is 9.96. The molecule has 0 atom stereocenters. The highest BCUT2D eigenvalue weighted by Gasteiger charge is 2.14. The van der Waals surface area contributed by atoms with Crippen LogP contribution in [0.5, 0.6) is 5.75 Å². The monoisotopic (exact) mass is 430 g/mol. The molecule has 2 aromatic rings. The van der Waals surface area contributed by atoms with Gasteiger partial charge >= 0.3 is 0 Å². The van der Waals surface area contributed by atoms with Crippen LogP contribution in [0.4, 0.5) is 0 Å². The number of aliphatic hydroxyl groups excluding tert-OH is 2. The number of hydrogen-bond acceptors (Lipinski definition) is 7. The van der Waals surface area contributed by atoms with E-state index in [0.717, 1.165) is 5.56 Å². The average Bonchev–Trinajstić information content (AvgIpc) is 2.70. The number of nitrogens with one attached hydrogen (secondary N) is 2. The van der Waals surface area contributed by atoms with Gasteiger partial charge in [-0.25, -0.2) is 26.3 Å². The van der Waals surface area contributed by atoms with Gasteiger partial charge in [0.1, 0.15) is 12.4 Å². The first-order valence-electron chi connectivity index (χ1n) is 8.31. The molecule has 154 valence electrons. The van der Waals surface area contributed by atoms with Crippen LogP contribution in [0, 0.1) is 0 Å². The van der Waals surface area contributed by atoms with E-state index in [1.165, 1.54) is 36.4 Å². The van der Waals surface area contributed by atoms with Crippen molar-refractivity contribution in [2.45, 2.75) is 16.4 Å². The maximum atomic E-state index is 11.9. The molecule has 0 spiro atoms. The van der Waals surface area contributed by atoms with Crippen molar-refractivity contribution in [1.82, 2.24) is 9.44 Å². The van der Waals surface area contributed by atoms with Crippen LogP contribution in [0.25, 0.3) is 0 Å². The van der Waals surface area contributed by atoms with E-state index in [1.807, 2.05) is 0 Å². The van der Waals surface area contributed by atoms with Crippen LogP contribution < -0.4 is 14.2 Å². The van der Waals surface area contributed by atoms with Crippen LogP contribution in [0.3, 0.4) is 0 Å². The molecule has 0 aromatic heterocycles. The highest BCUT2D eigenvalue weighted by atomic mass is 32.2. The molecule has 9 nitrogen and oxygen atoms in total. The quantitative estimate of drug-likeness (QED) is 0.387. The number of sulfonamides is 2. The lowest BCUT2D eigenvalue weighted by molar-refractivity contribution is 0.300. The van der Waals surface area contributed by atoms with Gasteiger partial charge in [0, 0.05) is 13.1 Å². The van der Waals surface area contributed by atoms with Crippen molar-refractivity contribution in [2.75, 3.05) is 26.3 Å². The van der Waals surface area contributed by atoms with Gasteiger partial charge in [-0.15, -0.1) is 0 Å². The molecule has 0 heterocycles. The number of rotatable bonds is 11. The van der Waals surface area contributed by atoms with Crippen molar-refractivity contribution in [3.63, 3.8) is 0 Å². The highest BCUT2D eigenvalue weighted by Crippen LogP contribution is 2.18. The molecule has 0 amide bonds. The second-order valence-corrected chi connectivity index (χ2v) is 9.18. The highest BCUT2D eigenvalue weighted by molar-refractivity contribution is 7.89. The molecular formula is C17H22N2O7S2. The summed E-state index contributed by atoms with van der Waals surface area (Å²) in [6.45, 7) is -0.545. The number of hydrogen-bond donors (Lipinski definition) is 4. The third-order valence-corrected chi connectivity index (χ3v) is 6.53. The molecule has 2 rings (SSSR count). The van der Waals surface area contributed by atoms with Crippen molar-refractivity contribution in [1.29, 1.82) is 0 Å². The van der Waals surface area contributed by atoms with Crippen molar-refractivity contribution >= 4 is 20.0 Å². The van der Waals surface area contributed by atoms with E-state index in [9.17, 15) is 16.8 Å². The van der Waals surface area contributed by atoms with Crippen molar-refractivity contribution < 1.29 is 31.8 Å². The minimum atomic E-state index is -3.68. The van der Waals surface area contributed by atoms with E-state index in [1.54, 1.807) is 12.1 Å². The summed E-state index contributed by atoms with van der Waals surface area (Å²) >= 11 is 0. The molecule has 4 N–H and O–H groups in total. The minimum absolute atomic E-state index is 0.0539. The van der Waals surface area contributed by atoms with Gasteiger partial charge in [0.15, 0.2) is 0 Å². The standard InChI is InChI=1S/C17H22N2O7S2/c20-11-9-18-27(22,23)16-5-1-14(2-6-16)13-26-15-3-7-17(8-4-15)28(24,25)19-10-12-21/h1-8,18-21H,9-13H2. The molecule has 0 radical (unpaired) electrons. The van der Waals surface area contributed by atoms with Gasteiger partial charge < -0.3 is 14.9 Å². The average molecular weight is 431 g/mol. The molecule has 0 saturated carbocycles. The predicted molar refractivity (Wildman–Crippen MR) is 102 cm³/mol. The minimum Gasteiger partial charge on any atom is -0.489 e. The van der Waals surface area contributed by atoms with Crippen molar-refractivity contribution in [3.8, 4) is 5.75 Å². The topological polar surface area (TPSA) is 142 Å². The maximum Gasteiger partial charge on any atom is 0.240 e. The predicted octanol–water partition coefficient (Wildman–Crippen LogP) is -0.193. The zero-order valence-corrected chi connectivity index (χ0v) is 16.5. The Balaban J connectivity index is 1.97. The van der Waals surface area contributed by atoms with Crippen LogP contribution >= 0.6 is 0 Å². The second-order valence-electron chi connectivity index (χ2n) is 5.65. The molecule has 0 aliphatic rings. The molecule has 0 bridgehead atoms. The van der Waals surface area contributed by atoms with Gasteiger partial charge in [-0.3, -0.25) is 0 Å². The molecule has 0 unspecified atom stereocenters. The summed E-state index contributed by atoms with van der Waals surface area (Å²) in [6.07, 6.45) is 0. The Morgan fingerprint density at radius 3 is 1.57 bits per heavy atom. The Labute approximate surface area is 164 Å². The van der Waals surface area contributed by atoms with Gasteiger partial charge in [0.2, 0.25) is 20.0 Å². The normalized spacial score (nSPS) is 12.1. The zero-order valence-electron chi connectivity index (χ0n) is 14.9. The van der Waals surface area contributed by atoms with Crippen LogP contribution in [0.1, 0.15) is 5.56 Å². The van der Waals surface area contributed by atoms with Crippen LogP contribution in [-0.4, -0.2) is 53.4 Å². The maximum absolute atomic E-state index is 11.9. The van der Waals surface area contributed by atoms with Crippen molar-refractivity contribution in [3.05, 3.63) is 54.1 Å². The molecule has 0 aliphatic heterocycles. The van der Waals surface area contributed by atoms with Gasteiger partial charge in [-0.05, 0) is 42.0 Å². The Morgan fingerprint density at radius 2 is 1.14 bits per heavy atom. The summed E-state index contributed by atoms with van der Waals surface area (Å²) in [6, 6.07) is 11.9. The lowest BCUT2D eigenvalue weighted by Crippen LogP contribution is -2.26. The molecule has 0 saturated heterocycles. The third kappa shape index (κ3) is 6.26. The summed E-state index contributed by atoms with van der Waals surface area (Å²) < 4.78 is 57.8. The first-order chi connectivity index (χ1) is 13.3. The van der Waals surface area contributed by atoms with E-state index < -0.39 is 20.0 Å². The van der Waals surface area contributed by atoms with E-state index in [0.29, 0.717) is 5.75 Å². The SMILES string of the molecule is O=S(=O)(NCCO)c1ccc(COc2ccc(S(=O)(=O)NCCO)cc2)cc1. The van der Waals surface area contributed by atoms with E-state index in [-0.39, 0.29) is 42.7 Å². The molecule has 11 heteroatoms. The number of ether oxygens (including phenoxy) is 1. The molecule has 0 aliphatic carbocycles. The van der Waals surface area contributed by atoms with Crippen molar-refractivity contribution in [2.24, 2.45) is 0 Å². The first kappa shape index (κ1) is 22.3. The summed E-state index contributed by atoms with van der Waals surface area (Å²) in [5.74, 6) is 0.447. The number of benzene rings is 2. The van der Waals surface area contributed by atoms with Crippen LogP contribution in [0.2, 0.25) is 0 Å². The van der Waals surface area contributed by atoms with Gasteiger partial charge in [0.25, 0.3) is 0 Å². The van der Waals surface area contributed by atoms with Crippen LogP contribution in [-0.2, 0) is 26.7 Å². The molecule has 28 heavy (non-hydrogen) atoms. The Morgan fingerprint density at radius 1 is 0.714 bits per heavy atom. The van der Waals surface area contributed by atoms with Gasteiger partial charge in [-0.2, -0.15) is 0 Å². The fraction of sp³-hybridized carbons (Fsp3) is 0.294. The third-order valence-electron chi connectivity index (χ3n) is 3.58. The van der Waals surface area contributed by atoms with Gasteiger partial charge in [0.05, 0.1) is 23.0 Å². The fourth-order valence-electron chi connectivity index (χ4n) is 2.17. The molecule has 0 fully saturated rings. The first-order valence-corrected chi connectivity index (χ1v) is 11.3. The van der Waals surface area contributed by atoms with Crippen LogP contribution in [0.15, 0.2) is 58.3 Å². The summed E-state index contributed by atoms with van der Waals surface area (Å²) in [5, 5.41) is 17.4. The van der Waals surface area contributed by atoms with Gasteiger partial charge in [-0.1, -0.05) is 12.1 Å². The lowest BCUT2D eigenvalue weighted by Gasteiger charge is -2.09. The zero-order chi connectivity index (χ0) is 20.6. The molecular weight excluding hydrogens is 408 g/mol. The Hall–Kier alpha value is -2.02. The lowest BCUT2D eigenvalue weighted by atomic mass is 10.2. The van der Waals surface area contributed by atoms with E-state index in [4.69, 9.17) is 14.9 Å². The largest absolute Gasteiger partial charge is 0.489 e. The summed E-state index contributed by atoms with van der Waals surface area (Å²) in [7, 11) is -7.34. The Bertz CT molecular complexity index is 876. The summed E-state index contributed by atoms with van der Waals surface area (Å²) in [4.78, 5) is 0.132. The van der Waals surface area contributed by atoms with E-state index >= 15 is 0 Å². The summed E-state index contributed by atoms with van der Waals surface area (Å²) in [5.41, 5.74) is 0.724. The smallest absolute Gasteiger partial charge is 0.240 e. The fourth-order valence-corrected chi connectivity index (χ4v) is 4.22. The number of aliphatic hydroxyl groups is 2. The van der Waals surface area contributed by atoms with E-state index in [2.05, 4.69) is 9.44 Å².